The molecule has 0 radical (unpaired) electrons. The topological polar surface area (TPSA) is 98.7 Å². The number of carbonyl (C=O) groups is 1. The molecule has 33 heavy (non-hydrogen) atoms. The van der Waals surface area contributed by atoms with Crippen LogP contribution in [0.15, 0.2) is 24.3 Å². The van der Waals surface area contributed by atoms with Crippen molar-refractivity contribution in [2.24, 2.45) is 0 Å². The molecule has 2 amide bonds. The summed E-state index contributed by atoms with van der Waals surface area (Å²) in [5.41, 5.74) is 2.43. The van der Waals surface area contributed by atoms with E-state index < -0.39 is 6.03 Å². The van der Waals surface area contributed by atoms with Crippen LogP contribution in [0.3, 0.4) is 0 Å². The van der Waals surface area contributed by atoms with Crippen LogP contribution in [0.5, 0.6) is 28.7 Å². The third-order valence-corrected chi connectivity index (χ3v) is 8.39. The van der Waals surface area contributed by atoms with Crippen LogP contribution >= 0.6 is 23.5 Å². The number of nitrogens with one attached hydrogen (secondary N) is 1. The molecule has 0 bridgehead atoms. The molecule has 2 aromatic carbocycles. The van der Waals surface area contributed by atoms with E-state index in [-0.39, 0.29) is 9.83 Å². The Kier molecular flexibility index (Phi) is 8.33. The first-order chi connectivity index (χ1) is 15.9. The van der Waals surface area contributed by atoms with Gasteiger partial charge in [-0.25, -0.2) is 9.86 Å². The third-order valence-electron chi connectivity index (χ3n) is 5.05. The second-order valence-electron chi connectivity index (χ2n) is 7.01. The van der Waals surface area contributed by atoms with Crippen LogP contribution in [0, 0.1) is 0 Å². The van der Waals surface area contributed by atoms with Crippen LogP contribution in [0.1, 0.15) is 21.0 Å². The fourth-order valence-electron chi connectivity index (χ4n) is 3.45. The average Bonchev–Trinajstić information content (AvgIpc) is 3.32. The average molecular weight is 497 g/mol. The summed E-state index contributed by atoms with van der Waals surface area (Å²) in [5.74, 6) is 3.53. The number of hydrogen-bond donors (Lipinski definition) is 2. The second kappa shape index (κ2) is 11.0. The molecular formula is C22H28N2O7S2. The van der Waals surface area contributed by atoms with Crippen LogP contribution in [0.25, 0.3) is 0 Å². The van der Waals surface area contributed by atoms with E-state index in [9.17, 15) is 10.0 Å². The molecule has 0 aliphatic carbocycles. The predicted octanol–water partition coefficient (Wildman–Crippen LogP) is 4.80. The number of carbonyl (C=O) groups excluding carboxylic acids is 1. The molecule has 0 unspecified atom stereocenters. The van der Waals surface area contributed by atoms with E-state index in [0.717, 1.165) is 16.9 Å². The van der Waals surface area contributed by atoms with Gasteiger partial charge in [-0.3, -0.25) is 5.21 Å². The summed E-state index contributed by atoms with van der Waals surface area (Å²) in [6.07, 6.45) is 0. The molecule has 0 saturated carbocycles. The summed E-state index contributed by atoms with van der Waals surface area (Å²) in [7, 11) is 9.06. The number of benzene rings is 2. The first kappa shape index (κ1) is 25.0. The van der Waals surface area contributed by atoms with E-state index in [1.54, 1.807) is 52.0 Å². The Morgan fingerprint density at radius 2 is 1.45 bits per heavy atom. The number of ether oxygens (including phenoxy) is 5. The van der Waals surface area contributed by atoms with Crippen molar-refractivity contribution in [3.8, 4) is 28.7 Å². The van der Waals surface area contributed by atoms with Crippen molar-refractivity contribution < 1.29 is 33.7 Å². The lowest BCUT2D eigenvalue weighted by molar-refractivity contribution is -0.0118. The number of nitrogens with zero attached hydrogens (tertiary/aromatic N) is 1. The minimum absolute atomic E-state index is 0.0800. The fraction of sp³-hybridized carbons (Fsp3) is 0.409. The quantitative estimate of drug-likeness (QED) is 0.394. The van der Waals surface area contributed by atoms with Gasteiger partial charge in [0.15, 0.2) is 23.0 Å². The van der Waals surface area contributed by atoms with E-state index in [0.29, 0.717) is 39.5 Å². The SMILES string of the molecule is COc1cc([C@@H]2SC[C@@H](c3cc(OC)c(OC)c(OC)c3)S2)cc(NC(=O)N(C)O)c1OC. The monoisotopic (exact) mass is 496 g/mol. The molecule has 0 spiro atoms. The Bertz CT molecular complexity index is 978. The maximum atomic E-state index is 12.0. The van der Waals surface area contributed by atoms with Crippen LogP contribution < -0.4 is 29.0 Å². The Balaban J connectivity index is 1.91. The number of anilines is 1. The molecule has 180 valence electrons. The van der Waals surface area contributed by atoms with Gasteiger partial charge in [-0.2, -0.15) is 0 Å². The van der Waals surface area contributed by atoms with Gasteiger partial charge in [0.25, 0.3) is 0 Å². The highest BCUT2D eigenvalue weighted by molar-refractivity contribution is 8.19. The van der Waals surface area contributed by atoms with Crippen molar-refractivity contribution in [3.05, 3.63) is 35.4 Å². The van der Waals surface area contributed by atoms with E-state index in [1.807, 2.05) is 24.3 Å². The summed E-state index contributed by atoms with van der Waals surface area (Å²) in [5, 5.41) is 12.8. The van der Waals surface area contributed by atoms with Crippen molar-refractivity contribution in [1.82, 2.24) is 5.06 Å². The largest absolute Gasteiger partial charge is 0.493 e. The molecular weight excluding hydrogens is 468 g/mol. The van der Waals surface area contributed by atoms with Gasteiger partial charge < -0.3 is 29.0 Å². The van der Waals surface area contributed by atoms with Gasteiger partial charge in [-0.15, -0.1) is 23.5 Å². The Morgan fingerprint density at radius 3 is 1.97 bits per heavy atom. The lowest BCUT2D eigenvalue weighted by atomic mass is 10.1. The van der Waals surface area contributed by atoms with E-state index in [2.05, 4.69) is 5.32 Å². The van der Waals surface area contributed by atoms with Crippen molar-refractivity contribution in [2.45, 2.75) is 9.83 Å². The zero-order valence-corrected chi connectivity index (χ0v) is 21.0. The maximum Gasteiger partial charge on any atom is 0.345 e. The smallest absolute Gasteiger partial charge is 0.345 e. The molecule has 1 saturated heterocycles. The van der Waals surface area contributed by atoms with Gasteiger partial charge in [-0.1, -0.05) is 0 Å². The molecule has 1 heterocycles. The Hall–Kier alpha value is -2.63. The molecule has 1 aliphatic rings. The molecule has 2 N–H and O–H groups in total. The van der Waals surface area contributed by atoms with Crippen LogP contribution in [-0.4, -0.2) is 64.7 Å². The molecule has 3 rings (SSSR count). The highest BCUT2D eigenvalue weighted by atomic mass is 32.2. The van der Waals surface area contributed by atoms with Gasteiger partial charge in [0, 0.05) is 18.1 Å². The highest BCUT2D eigenvalue weighted by Gasteiger charge is 2.31. The summed E-state index contributed by atoms with van der Waals surface area (Å²) in [6.45, 7) is 0. The highest BCUT2D eigenvalue weighted by Crippen LogP contribution is 2.58. The van der Waals surface area contributed by atoms with E-state index in [1.165, 1.54) is 14.2 Å². The first-order valence-electron chi connectivity index (χ1n) is 9.93. The minimum Gasteiger partial charge on any atom is -0.493 e. The molecule has 0 aromatic heterocycles. The molecule has 11 heteroatoms. The van der Waals surface area contributed by atoms with Gasteiger partial charge in [0.05, 0.1) is 45.8 Å². The number of rotatable bonds is 8. The second-order valence-corrected chi connectivity index (χ2v) is 9.76. The number of amides is 2. The number of methoxy groups -OCH3 is 5. The first-order valence-corrected chi connectivity index (χ1v) is 11.9. The van der Waals surface area contributed by atoms with Crippen LogP contribution in [-0.2, 0) is 0 Å². The van der Waals surface area contributed by atoms with Gasteiger partial charge in [-0.05, 0) is 35.4 Å². The molecule has 2 aromatic rings. The lowest BCUT2D eigenvalue weighted by Crippen LogP contribution is -2.28. The van der Waals surface area contributed by atoms with Crippen molar-refractivity contribution in [1.29, 1.82) is 0 Å². The predicted molar refractivity (Wildman–Crippen MR) is 130 cm³/mol. The number of urea groups is 1. The number of thioether (sulfide) groups is 2. The zero-order chi connectivity index (χ0) is 24.1. The zero-order valence-electron chi connectivity index (χ0n) is 19.3. The summed E-state index contributed by atoms with van der Waals surface area (Å²) < 4.78 is 27.5. The summed E-state index contributed by atoms with van der Waals surface area (Å²) in [4.78, 5) is 12.0. The third kappa shape index (κ3) is 5.31. The minimum atomic E-state index is -0.686. The lowest BCUT2D eigenvalue weighted by Gasteiger charge is -2.19. The molecule has 2 atom stereocenters. The molecule has 9 nitrogen and oxygen atoms in total. The van der Waals surface area contributed by atoms with Gasteiger partial charge in [0.1, 0.15) is 0 Å². The van der Waals surface area contributed by atoms with E-state index in [4.69, 9.17) is 23.7 Å². The number of hydrogen-bond acceptors (Lipinski definition) is 9. The Morgan fingerprint density at radius 1 is 0.909 bits per heavy atom. The van der Waals surface area contributed by atoms with Crippen LogP contribution in [0.2, 0.25) is 0 Å². The fourth-order valence-corrected chi connectivity index (χ4v) is 6.71. The molecule has 1 fully saturated rings. The maximum absolute atomic E-state index is 12.0. The van der Waals surface area contributed by atoms with Crippen LogP contribution in [0.4, 0.5) is 10.5 Å². The normalized spacial score (nSPS) is 17.3. The molecule has 1 aliphatic heterocycles. The van der Waals surface area contributed by atoms with Gasteiger partial charge >= 0.3 is 6.03 Å². The Labute approximate surface area is 201 Å². The van der Waals surface area contributed by atoms with E-state index >= 15 is 0 Å². The summed E-state index contributed by atoms with van der Waals surface area (Å²) >= 11 is 3.56. The van der Waals surface area contributed by atoms with Crippen molar-refractivity contribution in [3.63, 3.8) is 0 Å². The number of hydroxylamine groups is 2. The van der Waals surface area contributed by atoms with Crippen molar-refractivity contribution in [2.75, 3.05) is 53.7 Å². The van der Waals surface area contributed by atoms with Gasteiger partial charge in [0.2, 0.25) is 5.75 Å². The standard InChI is InChI=1S/C22H28N2O7S2/c1-24(26)22(25)23-14-7-13(10-15(27-2)19(14)30-5)21-32-11-18(33-21)12-8-16(28-3)20(31-6)17(9-12)29-4/h7-10,18,21,26H,11H2,1-6H3,(H,23,25)/t18-,21+/m0/s1. The van der Waals surface area contributed by atoms with Crippen molar-refractivity contribution >= 4 is 35.2 Å². The summed E-state index contributed by atoms with van der Waals surface area (Å²) in [6, 6.07) is 7.00.